The first-order valence-electron chi connectivity index (χ1n) is 7.04. The molecule has 25 heavy (non-hydrogen) atoms. The molecule has 1 aromatic heterocycles. The van der Waals surface area contributed by atoms with Crippen molar-refractivity contribution in [3.05, 3.63) is 34.8 Å². The monoisotopic (exact) mass is 410 g/mol. The number of benzene rings is 2. The van der Waals surface area contributed by atoms with Gasteiger partial charge in [0.05, 0.1) is 23.9 Å². The zero-order valence-corrected chi connectivity index (χ0v) is 14.5. The Labute approximate surface area is 149 Å². The Balaban J connectivity index is 2.21. The third kappa shape index (κ3) is 3.41. The third-order valence-electron chi connectivity index (χ3n) is 3.48. The molecule has 0 radical (unpaired) electrons. The molecule has 0 aliphatic heterocycles. The highest BCUT2D eigenvalue weighted by molar-refractivity contribution is 9.10. The van der Waals surface area contributed by atoms with E-state index in [0.29, 0.717) is 22.2 Å². The molecule has 130 valence electrons. The fourth-order valence-corrected chi connectivity index (χ4v) is 2.73. The fraction of sp³-hybridized carbons (Fsp3) is 0.125. The number of aromatic nitrogens is 2. The van der Waals surface area contributed by atoms with E-state index in [1.807, 2.05) is 6.07 Å². The van der Waals surface area contributed by atoms with Gasteiger partial charge in [-0.2, -0.15) is 8.78 Å². The van der Waals surface area contributed by atoms with Crippen LogP contribution in [-0.2, 0) is 0 Å². The molecule has 0 amide bonds. The lowest BCUT2D eigenvalue weighted by Gasteiger charge is -2.12. The second-order valence-electron chi connectivity index (χ2n) is 5.06. The molecule has 0 unspecified atom stereocenters. The molecular formula is C16H13BrF2N4O2. The molecule has 0 spiro atoms. The van der Waals surface area contributed by atoms with Gasteiger partial charge in [-0.3, -0.25) is 0 Å². The third-order valence-corrected chi connectivity index (χ3v) is 3.97. The van der Waals surface area contributed by atoms with Crippen LogP contribution >= 0.6 is 15.9 Å². The summed E-state index contributed by atoms with van der Waals surface area (Å²) in [6, 6.07) is 8.04. The minimum atomic E-state index is -3.00. The average molecular weight is 411 g/mol. The summed E-state index contributed by atoms with van der Waals surface area (Å²) in [4.78, 5) is 8.67. The Morgan fingerprint density at radius 2 is 1.84 bits per heavy atom. The number of hydrogen-bond donors (Lipinski definition) is 2. The second-order valence-corrected chi connectivity index (χ2v) is 5.98. The first-order chi connectivity index (χ1) is 11.9. The van der Waals surface area contributed by atoms with E-state index in [4.69, 9.17) is 16.2 Å². The van der Waals surface area contributed by atoms with Gasteiger partial charge >= 0.3 is 6.61 Å². The molecule has 0 fully saturated rings. The van der Waals surface area contributed by atoms with Crippen LogP contribution in [0.4, 0.5) is 20.3 Å². The zero-order chi connectivity index (χ0) is 18.1. The van der Waals surface area contributed by atoms with Crippen molar-refractivity contribution in [2.75, 3.05) is 18.6 Å². The van der Waals surface area contributed by atoms with Gasteiger partial charge in [0.25, 0.3) is 0 Å². The molecule has 1 heterocycles. The Kier molecular flexibility index (Phi) is 4.58. The maximum Gasteiger partial charge on any atom is 0.387 e. The lowest BCUT2D eigenvalue weighted by Crippen LogP contribution is -2.06. The van der Waals surface area contributed by atoms with Crippen molar-refractivity contribution in [2.24, 2.45) is 0 Å². The van der Waals surface area contributed by atoms with E-state index in [2.05, 4.69) is 30.6 Å². The van der Waals surface area contributed by atoms with Gasteiger partial charge in [0.1, 0.15) is 11.6 Å². The van der Waals surface area contributed by atoms with E-state index in [1.54, 1.807) is 12.1 Å². The predicted octanol–water partition coefficient (Wildman–Crippen LogP) is 3.83. The summed E-state index contributed by atoms with van der Waals surface area (Å²) in [6.07, 6.45) is 0. The van der Waals surface area contributed by atoms with Gasteiger partial charge in [-0.25, -0.2) is 9.97 Å². The van der Waals surface area contributed by atoms with Crippen molar-refractivity contribution in [2.45, 2.75) is 6.61 Å². The summed E-state index contributed by atoms with van der Waals surface area (Å²) in [5.41, 5.74) is 12.7. The number of ether oxygens (including phenoxy) is 2. The highest BCUT2D eigenvalue weighted by atomic mass is 79.9. The van der Waals surface area contributed by atoms with Crippen molar-refractivity contribution in [1.82, 2.24) is 9.97 Å². The normalized spacial score (nSPS) is 11.1. The number of nitrogens with zero attached hydrogens (tertiary/aromatic N) is 2. The Morgan fingerprint density at radius 3 is 2.52 bits per heavy atom. The summed E-state index contributed by atoms with van der Waals surface area (Å²) in [7, 11) is 1.52. The van der Waals surface area contributed by atoms with Crippen LogP contribution in [0.1, 0.15) is 0 Å². The minimum Gasteiger partial charge on any atom is -0.496 e. The van der Waals surface area contributed by atoms with Crippen LogP contribution in [0.15, 0.2) is 34.8 Å². The van der Waals surface area contributed by atoms with Gasteiger partial charge in [0, 0.05) is 15.9 Å². The first kappa shape index (κ1) is 17.2. The number of rotatable bonds is 4. The number of hydrogen-bond acceptors (Lipinski definition) is 6. The molecule has 0 aliphatic carbocycles. The maximum absolute atomic E-state index is 12.5. The van der Waals surface area contributed by atoms with Crippen LogP contribution in [0.3, 0.4) is 0 Å². The Morgan fingerprint density at radius 1 is 1.08 bits per heavy atom. The van der Waals surface area contributed by atoms with Crippen molar-refractivity contribution in [1.29, 1.82) is 0 Å². The lowest BCUT2D eigenvalue weighted by atomic mass is 10.1. The van der Waals surface area contributed by atoms with Crippen molar-refractivity contribution >= 4 is 38.3 Å². The quantitative estimate of drug-likeness (QED) is 0.634. The molecule has 0 aliphatic rings. The van der Waals surface area contributed by atoms with E-state index < -0.39 is 6.61 Å². The zero-order valence-electron chi connectivity index (χ0n) is 13.0. The molecule has 2 aromatic carbocycles. The SMILES string of the molecule is COc1ccc(Br)cc1-c1nc(N)c2cc(N)c(OC(F)F)cc2n1. The Bertz CT molecular complexity index is 953. The summed E-state index contributed by atoms with van der Waals surface area (Å²) in [6.45, 7) is -3.00. The molecule has 0 saturated carbocycles. The highest BCUT2D eigenvalue weighted by Gasteiger charge is 2.16. The fourth-order valence-electron chi connectivity index (χ4n) is 2.37. The molecule has 4 N–H and O–H groups in total. The van der Waals surface area contributed by atoms with Crippen molar-refractivity contribution in [3.63, 3.8) is 0 Å². The molecular weight excluding hydrogens is 398 g/mol. The molecule has 9 heteroatoms. The number of fused-ring (bicyclic) bond motifs is 1. The van der Waals surface area contributed by atoms with E-state index in [1.165, 1.54) is 19.2 Å². The van der Waals surface area contributed by atoms with Gasteiger partial charge < -0.3 is 20.9 Å². The summed E-state index contributed by atoms with van der Waals surface area (Å²) < 4.78 is 35.5. The van der Waals surface area contributed by atoms with Crippen LogP contribution in [0.2, 0.25) is 0 Å². The molecule has 3 rings (SSSR count). The van der Waals surface area contributed by atoms with Crippen LogP contribution < -0.4 is 20.9 Å². The number of nitrogens with two attached hydrogens (primary N) is 2. The number of halogens is 3. The average Bonchev–Trinajstić information content (AvgIpc) is 2.55. The summed E-state index contributed by atoms with van der Waals surface area (Å²) in [5.74, 6) is 0.822. The molecule has 0 atom stereocenters. The van der Waals surface area contributed by atoms with Gasteiger partial charge in [-0.15, -0.1) is 0 Å². The topological polar surface area (TPSA) is 96.3 Å². The molecule has 6 nitrogen and oxygen atoms in total. The maximum atomic E-state index is 12.5. The summed E-state index contributed by atoms with van der Waals surface area (Å²) in [5, 5.41) is 0.442. The van der Waals surface area contributed by atoms with Crippen LogP contribution in [0.5, 0.6) is 11.5 Å². The van der Waals surface area contributed by atoms with Crippen LogP contribution in [0.25, 0.3) is 22.3 Å². The molecule has 3 aromatic rings. The van der Waals surface area contributed by atoms with E-state index >= 15 is 0 Å². The molecule has 0 saturated heterocycles. The number of anilines is 2. The van der Waals surface area contributed by atoms with Crippen molar-refractivity contribution in [3.8, 4) is 22.9 Å². The number of methoxy groups -OCH3 is 1. The van der Waals surface area contributed by atoms with Crippen molar-refractivity contribution < 1.29 is 18.3 Å². The smallest absolute Gasteiger partial charge is 0.387 e. The number of alkyl halides is 2. The number of nitrogen functional groups attached to an aromatic ring is 2. The van der Waals surface area contributed by atoms with Crippen LogP contribution in [0, 0.1) is 0 Å². The van der Waals surface area contributed by atoms with Gasteiger partial charge in [-0.1, -0.05) is 15.9 Å². The minimum absolute atomic E-state index is 0.0240. The van der Waals surface area contributed by atoms with E-state index in [-0.39, 0.29) is 23.1 Å². The van der Waals surface area contributed by atoms with E-state index in [9.17, 15) is 8.78 Å². The molecule has 0 bridgehead atoms. The predicted molar refractivity (Wildman–Crippen MR) is 94.7 cm³/mol. The Hall–Kier alpha value is -2.68. The van der Waals surface area contributed by atoms with Gasteiger partial charge in [0.15, 0.2) is 11.6 Å². The summed E-state index contributed by atoms with van der Waals surface area (Å²) >= 11 is 3.38. The first-order valence-corrected chi connectivity index (χ1v) is 7.84. The standard InChI is InChI=1S/C16H13BrF2N4O2/c1-24-12-3-2-7(17)4-9(12)15-22-11-6-13(25-16(18)19)10(20)5-8(11)14(21)23-15/h2-6,16H,20H2,1H3,(H2,21,22,23). The van der Waals surface area contributed by atoms with E-state index in [0.717, 1.165) is 4.47 Å². The van der Waals surface area contributed by atoms with Gasteiger partial charge in [0.2, 0.25) is 0 Å². The second kappa shape index (κ2) is 6.67. The highest BCUT2D eigenvalue weighted by Crippen LogP contribution is 2.35. The van der Waals surface area contributed by atoms with Gasteiger partial charge in [-0.05, 0) is 24.3 Å². The lowest BCUT2D eigenvalue weighted by molar-refractivity contribution is -0.0492. The van der Waals surface area contributed by atoms with Crippen LogP contribution in [-0.4, -0.2) is 23.7 Å². The largest absolute Gasteiger partial charge is 0.496 e.